The Bertz CT molecular complexity index is 457. The molecule has 2 nitrogen and oxygen atoms in total. The number of rotatable bonds is 4. The number of nitriles is 1. The second-order valence-electron chi connectivity index (χ2n) is 3.34. The van der Waals surface area contributed by atoms with Gasteiger partial charge in [-0.05, 0) is 12.1 Å². The summed E-state index contributed by atoms with van der Waals surface area (Å²) in [5.41, 5.74) is -1.33. The van der Waals surface area contributed by atoms with Gasteiger partial charge in [0.2, 0.25) is 0 Å². The van der Waals surface area contributed by atoms with E-state index >= 15 is 0 Å². The van der Waals surface area contributed by atoms with E-state index in [0.717, 1.165) is 0 Å². The number of anilines is 1. The van der Waals surface area contributed by atoms with Crippen LogP contribution in [-0.4, -0.2) is 18.9 Å². The summed E-state index contributed by atoms with van der Waals surface area (Å²) in [6.45, 7) is -1.62. The van der Waals surface area contributed by atoms with Crippen molar-refractivity contribution in [3.05, 3.63) is 29.3 Å². The van der Waals surface area contributed by atoms with Crippen molar-refractivity contribution in [3.8, 4) is 6.07 Å². The molecule has 0 amide bonds. The molecule has 0 atom stereocenters. The third-order valence-corrected chi connectivity index (χ3v) is 1.99. The van der Waals surface area contributed by atoms with E-state index in [9.17, 15) is 26.3 Å². The molecule has 0 aliphatic carbocycles. The maximum Gasteiger partial charge on any atom is 0.324 e. The summed E-state index contributed by atoms with van der Waals surface area (Å²) in [6.07, 6.45) is -3.95. The number of nitrogens with one attached hydrogen (secondary N) is 1. The summed E-state index contributed by atoms with van der Waals surface area (Å²) < 4.78 is 75.1. The van der Waals surface area contributed by atoms with Crippen LogP contribution in [0.3, 0.4) is 0 Å². The summed E-state index contributed by atoms with van der Waals surface area (Å²) in [4.78, 5) is 0. The lowest BCUT2D eigenvalue weighted by Gasteiger charge is -2.17. The van der Waals surface area contributed by atoms with E-state index in [4.69, 9.17) is 5.26 Å². The third-order valence-electron chi connectivity index (χ3n) is 1.99. The third kappa shape index (κ3) is 3.06. The Kier molecular flexibility index (Phi) is 4.06. The number of hydrogen-bond donors (Lipinski definition) is 1. The number of benzene rings is 1. The van der Waals surface area contributed by atoms with Gasteiger partial charge in [0, 0.05) is 0 Å². The molecule has 0 unspecified atom stereocenters. The van der Waals surface area contributed by atoms with Crippen LogP contribution in [0.5, 0.6) is 0 Å². The van der Waals surface area contributed by atoms with Crippen LogP contribution in [0.1, 0.15) is 5.56 Å². The molecule has 0 saturated heterocycles. The van der Waals surface area contributed by atoms with Crippen molar-refractivity contribution in [2.75, 3.05) is 11.9 Å². The molecule has 8 heteroatoms. The molecule has 1 rings (SSSR count). The zero-order valence-corrected chi connectivity index (χ0v) is 8.65. The molecular formula is C10H6F6N2. The molecule has 0 spiro atoms. The van der Waals surface area contributed by atoms with Crippen LogP contribution >= 0.6 is 0 Å². The average Bonchev–Trinajstić information content (AvgIpc) is 2.27. The number of hydrogen-bond acceptors (Lipinski definition) is 2. The Morgan fingerprint density at radius 3 is 2.11 bits per heavy atom. The van der Waals surface area contributed by atoms with Crippen LogP contribution in [0.15, 0.2) is 12.1 Å². The van der Waals surface area contributed by atoms with Crippen LogP contribution in [0.2, 0.25) is 0 Å². The van der Waals surface area contributed by atoms with Crippen LogP contribution in [0, 0.1) is 23.0 Å². The summed E-state index contributed by atoms with van der Waals surface area (Å²) in [5.74, 6) is -7.03. The minimum atomic E-state index is -4.41. The Hall–Kier alpha value is -1.91. The van der Waals surface area contributed by atoms with Gasteiger partial charge in [-0.3, -0.25) is 0 Å². The Morgan fingerprint density at radius 2 is 1.72 bits per heavy atom. The van der Waals surface area contributed by atoms with Gasteiger partial charge in [-0.15, -0.1) is 0 Å². The van der Waals surface area contributed by atoms with Gasteiger partial charge in [0.25, 0.3) is 0 Å². The molecule has 0 heterocycles. The normalized spacial score (nSPS) is 11.4. The predicted octanol–water partition coefficient (Wildman–Crippen LogP) is 3.15. The van der Waals surface area contributed by atoms with Crippen molar-refractivity contribution < 1.29 is 26.3 Å². The highest BCUT2D eigenvalue weighted by atomic mass is 19.3. The van der Waals surface area contributed by atoms with Gasteiger partial charge in [-0.25, -0.2) is 17.6 Å². The van der Waals surface area contributed by atoms with E-state index in [2.05, 4.69) is 0 Å². The zero-order valence-electron chi connectivity index (χ0n) is 8.65. The minimum absolute atomic E-state index is 0.351. The molecule has 0 aliphatic heterocycles. The summed E-state index contributed by atoms with van der Waals surface area (Å²) in [7, 11) is 0. The summed E-state index contributed by atoms with van der Waals surface area (Å²) in [6, 6.07) is 2.66. The van der Waals surface area contributed by atoms with Gasteiger partial charge in [0.15, 0.2) is 11.6 Å². The molecule has 0 radical (unpaired) electrons. The molecule has 0 fully saturated rings. The molecule has 0 bridgehead atoms. The second kappa shape index (κ2) is 5.16. The summed E-state index contributed by atoms with van der Waals surface area (Å²) >= 11 is 0. The lowest BCUT2D eigenvalue weighted by atomic mass is 10.2. The fraction of sp³-hybridized carbons (Fsp3) is 0.300. The lowest BCUT2D eigenvalue weighted by molar-refractivity contribution is -0.117. The highest BCUT2D eigenvalue weighted by Crippen LogP contribution is 2.26. The maximum absolute atomic E-state index is 13.2. The fourth-order valence-corrected chi connectivity index (χ4v) is 1.09. The van der Waals surface area contributed by atoms with E-state index in [0.29, 0.717) is 12.1 Å². The molecular weight excluding hydrogens is 262 g/mol. The lowest BCUT2D eigenvalue weighted by Crippen LogP contribution is -2.35. The molecule has 1 aromatic rings. The quantitative estimate of drug-likeness (QED) is 0.851. The number of alkyl halides is 4. The Morgan fingerprint density at radius 1 is 1.22 bits per heavy atom. The van der Waals surface area contributed by atoms with E-state index < -0.39 is 36.2 Å². The van der Waals surface area contributed by atoms with Gasteiger partial charge in [-0.2, -0.15) is 14.0 Å². The smallest absolute Gasteiger partial charge is 0.324 e. The second-order valence-corrected chi connectivity index (χ2v) is 3.34. The van der Waals surface area contributed by atoms with Crippen molar-refractivity contribution in [1.29, 1.82) is 5.26 Å². The first kappa shape index (κ1) is 14.2. The van der Waals surface area contributed by atoms with Gasteiger partial charge in [0.05, 0.1) is 18.2 Å². The van der Waals surface area contributed by atoms with E-state index in [1.807, 2.05) is 0 Å². The molecule has 0 aliphatic rings. The van der Waals surface area contributed by atoms with Gasteiger partial charge in [-0.1, -0.05) is 0 Å². The first-order chi connectivity index (χ1) is 8.27. The van der Waals surface area contributed by atoms with Gasteiger partial charge in [0.1, 0.15) is 5.69 Å². The average molecular weight is 268 g/mol. The van der Waals surface area contributed by atoms with Gasteiger partial charge < -0.3 is 5.32 Å². The van der Waals surface area contributed by atoms with Crippen LogP contribution in [0.25, 0.3) is 0 Å². The predicted molar refractivity (Wildman–Crippen MR) is 50.5 cm³/mol. The molecule has 18 heavy (non-hydrogen) atoms. The largest absolute Gasteiger partial charge is 0.374 e. The van der Waals surface area contributed by atoms with Crippen LogP contribution in [-0.2, 0) is 0 Å². The minimum Gasteiger partial charge on any atom is -0.374 e. The number of nitrogens with zero attached hydrogens (tertiary/aromatic N) is 1. The van der Waals surface area contributed by atoms with Crippen molar-refractivity contribution >= 4 is 5.69 Å². The van der Waals surface area contributed by atoms with E-state index in [1.54, 1.807) is 5.32 Å². The van der Waals surface area contributed by atoms with Crippen LogP contribution in [0.4, 0.5) is 32.0 Å². The van der Waals surface area contributed by atoms with Gasteiger partial charge >= 0.3 is 12.3 Å². The zero-order chi connectivity index (χ0) is 13.9. The standard InChI is InChI=1S/C10H6F6N2/c11-6-1-5(3-17)2-7(12)8(6)18-4-10(15,16)9(13)14/h1-2,9,18H,4H2. The SMILES string of the molecule is N#Cc1cc(F)c(NCC(F)(F)C(F)F)c(F)c1. The highest BCUT2D eigenvalue weighted by Gasteiger charge is 2.40. The number of halogens is 6. The van der Waals surface area contributed by atoms with E-state index in [-0.39, 0.29) is 5.56 Å². The maximum atomic E-state index is 13.2. The molecule has 0 aromatic heterocycles. The molecule has 1 aromatic carbocycles. The monoisotopic (exact) mass is 268 g/mol. The van der Waals surface area contributed by atoms with Crippen LogP contribution < -0.4 is 5.32 Å². The molecule has 1 N–H and O–H groups in total. The Balaban J connectivity index is 2.90. The molecule has 0 saturated carbocycles. The first-order valence-corrected chi connectivity index (χ1v) is 4.57. The molecule has 98 valence electrons. The van der Waals surface area contributed by atoms with Crippen molar-refractivity contribution in [1.82, 2.24) is 0 Å². The fourth-order valence-electron chi connectivity index (χ4n) is 1.09. The van der Waals surface area contributed by atoms with Crippen molar-refractivity contribution in [2.24, 2.45) is 0 Å². The first-order valence-electron chi connectivity index (χ1n) is 4.57. The topological polar surface area (TPSA) is 35.8 Å². The van der Waals surface area contributed by atoms with E-state index in [1.165, 1.54) is 6.07 Å². The Labute approximate surface area is 97.8 Å². The summed E-state index contributed by atoms with van der Waals surface area (Å²) in [5, 5.41) is 9.95. The highest BCUT2D eigenvalue weighted by molar-refractivity contribution is 5.50. The van der Waals surface area contributed by atoms with Crippen molar-refractivity contribution in [2.45, 2.75) is 12.3 Å². The van der Waals surface area contributed by atoms with Crippen molar-refractivity contribution in [3.63, 3.8) is 0 Å².